The van der Waals surface area contributed by atoms with E-state index >= 15 is 0 Å². The average Bonchev–Trinajstić information content (AvgIpc) is 2.98. The van der Waals surface area contributed by atoms with E-state index in [-0.39, 0.29) is 11.7 Å². The molecule has 0 N–H and O–H groups in total. The third kappa shape index (κ3) is 6.67. The molecule has 1 heterocycles. The zero-order chi connectivity index (χ0) is 28.9. The molecule has 0 fully saturated rings. The molecule has 1 unspecified atom stereocenters. The van der Waals surface area contributed by atoms with Gasteiger partial charge in [0.2, 0.25) is 0 Å². The molecule has 0 aliphatic heterocycles. The molecule has 0 aliphatic carbocycles. The number of nitrogens with zero attached hydrogens (tertiary/aromatic N) is 2. The lowest BCUT2D eigenvalue weighted by molar-refractivity contribution is 0.0757. The van der Waals surface area contributed by atoms with Crippen LogP contribution >= 0.6 is 27.5 Å². The van der Waals surface area contributed by atoms with Crippen LogP contribution in [0.5, 0.6) is 5.75 Å². The molecule has 5 aromatic rings. The molecule has 1 aromatic heterocycles. The number of amides is 1. The van der Waals surface area contributed by atoms with E-state index in [1.54, 1.807) is 36.2 Å². The normalized spacial score (nSPS) is 12.0. The quantitative estimate of drug-likeness (QED) is 0.172. The van der Waals surface area contributed by atoms with E-state index in [4.69, 9.17) is 21.3 Å². The van der Waals surface area contributed by atoms with Crippen molar-refractivity contribution in [1.82, 2.24) is 9.88 Å². The van der Waals surface area contributed by atoms with E-state index < -0.39 is 6.04 Å². The van der Waals surface area contributed by atoms with Gasteiger partial charge >= 0.3 is 0 Å². The van der Waals surface area contributed by atoms with Crippen molar-refractivity contribution in [2.75, 3.05) is 13.7 Å². The van der Waals surface area contributed by atoms with Crippen LogP contribution in [0, 0.1) is 5.82 Å². The molecule has 7 heteroatoms. The van der Waals surface area contributed by atoms with Gasteiger partial charge in [-0.15, -0.1) is 0 Å². The summed E-state index contributed by atoms with van der Waals surface area (Å²) in [5.74, 6) is 0.272. The van der Waals surface area contributed by atoms with E-state index in [1.807, 2.05) is 79.7 Å². The summed E-state index contributed by atoms with van der Waals surface area (Å²) in [4.78, 5) is 20.7. The zero-order valence-corrected chi connectivity index (χ0v) is 24.9. The maximum absolute atomic E-state index is 14.3. The minimum absolute atomic E-state index is 0.199. The number of rotatable bonds is 8. The number of carbonyl (C=O) groups excluding carboxylic acids is 1. The van der Waals surface area contributed by atoms with Crippen LogP contribution in [-0.4, -0.2) is 29.4 Å². The molecular weight excluding hydrogens is 603 g/mol. The lowest BCUT2D eigenvalue weighted by Gasteiger charge is -2.30. The SMILES string of the molecule is CCOc1ccc(/C=C/c2cc(C(=O)N(C)C(c3ccc(F)cc3)c3ccc(Cl)cc3)c3cc(Br)ccc3n2)cc1. The van der Waals surface area contributed by atoms with Crippen molar-refractivity contribution >= 4 is 56.5 Å². The second-order valence-corrected chi connectivity index (χ2v) is 10.9. The van der Waals surface area contributed by atoms with Crippen LogP contribution in [0.2, 0.25) is 5.02 Å². The molecule has 1 atom stereocenters. The van der Waals surface area contributed by atoms with Gasteiger partial charge < -0.3 is 9.64 Å². The molecule has 0 spiro atoms. The van der Waals surface area contributed by atoms with Crippen LogP contribution in [0.1, 0.15) is 45.7 Å². The first-order chi connectivity index (χ1) is 19.8. The smallest absolute Gasteiger partial charge is 0.255 e. The highest BCUT2D eigenvalue weighted by atomic mass is 79.9. The van der Waals surface area contributed by atoms with Gasteiger partial charge in [0.05, 0.1) is 29.4 Å². The number of aromatic nitrogens is 1. The Morgan fingerprint density at radius 3 is 2.27 bits per heavy atom. The standard InChI is InChI=1S/C34H27BrClFN2O2/c1-3-41-29-17-5-22(6-18-29)4-16-28-21-31(30-20-25(35)11-19-32(30)38-28)34(40)39(2)33(23-7-12-26(36)13-8-23)24-9-14-27(37)15-10-24/h4-21,33H,3H2,1-2H3/b16-4+. The zero-order valence-electron chi connectivity index (χ0n) is 22.5. The minimum Gasteiger partial charge on any atom is -0.494 e. The van der Waals surface area contributed by atoms with Crippen LogP contribution < -0.4 is 4.74 Å². The number of pyridine rings is 1. The summed E-state index contributed by atoms with van der Waals surface area (Å²) in [6, 6.07) is 28.4. The topological polar surface area (TPSA) is 42.4 Å². The summed E-state index contributed by atoms with van der Waals surface area (Å²) in [7, 11) is 1.75. The Hall–Kier alpha value is -4.00. The van der Waals surface area contributed by atoms with Crippen molar-refractivity contribution in [2.45, 2.75) is 13.0 Å². The van der Waals surface area contributed by atoms with Crippen molar-refractivity contribution in [1.29, 1.82) is 0 Å². The fraction of sp³-hybridized carbons (Fsp3) is 0.118. The summed E-state index contributed by atoms with van der Waals surface area (Å²) < 4.78 is 20.2. The Labute approximate surface area is 252 Å². The van der Waals surface area contributed by atoms with Crippen LogP contribution in [0.25, 0.3) is 23.1 Å². The van der Waals surface area contributed by atoms with Gasteiger partial charge in [-0.2, -0.15) is 0 Å². The largest absolute Gasteiger partial charge is 0.494 e. The number of hydrogen-bond acceptors (Lipinski definition) is 3. The van der Waals surface area contributed by atoms with Gasteiger partial charge in [0.25, 0.3) is 5.91 Å². The molecule has 206 valence electrons. The van der Waals surface area contributed by atoms with E-state index in [9.17, 15) is 9.18 Å². The molecule has 0 bridgehead atoms. The monoisotopic (exact) mass is 628 g/mol. The van der Waals surface area contributed by atoms with Crippen molar-refractivity contribution in [3.63, 3.8) is 0 Å². The lowest BCUT2D eigenvalue weighted by atomic mass is 9.96. The highest BCUT2D eigenvalue weighted by Gasteiger charge is 2.26. The molecule has 0 aliphatic rings. The highest BCUT2D eigenvalue weighted by Crippen LogP contribution is 2.32. The van der Waals surface area contributed by atoms with Crippen molar-refractivity contribution in [3.8, 4) is 5.75 Å². The third-order valence-corrected chi connectivity index (χ3v) is 7.48. The predicted octanol–water partition coefficient (Wildman–Crippen LogP) is 9.22. The Morgan fingerprint density at radius 2 is 1.61 bits per heavy atom. The molecule has 0 radical (unpaired) electrons. The fourth-order valence-corrected chi connectivity index (χ4v) is 5.23. The number of benzene rings is 4. The molecule has 41 heavy (non-hydrogen) atoms. The van der Waals surface area contributed by atoms with E-state index in [0.717, 1.165) is 32.3 Å². The Morgan fingerprint density at radius 1 is 0.951 bits per heavy atom. The van der Waals surface area contributed by atoms with Crippen LogP contribution in [0.3, 0.4) is 0 Å². The first kappa shape index (κ1) is 28.5. The number of fused-ring (bicyclic) bond motifs is 1. The van der Waals surface area contributed by atoms with Crippen molar-refractivity contribution in [3.05, 3.63) is 140 Å². The molecule has 4 nitrogen and oxygen atoms in total. The van der Waals surface area contributed by atoms with E-state index in [1.165, 1.54) is 12.1 Å². The number of ether oxygens (including phenoxy) is 1. The third-order valence-electron chi connectivity index (χ3n) is 6.74. The van der Waals surface area contributed by atoms with Gasteiger partial charge in [-0.05, 0) is 90.4 Å². The maximum Gasteiger partial charge on any atom is 0.255 e. The van der Waals surface area contributed by atoms with Gasteiger partial charge in [-0.1, -0.05) is 70.0 Å². The van der Waals surface area contributed by atoms with Crippen LogP contribution in [0.4, 0.5) is 4.39 Å². The van der Waals surface area contributed by atoms with Gasteiger partial charge in [0.1, 0.15) is 11.6 Å². The Kier molecular flexibility index (Phi) is 8.81. The average molecular weight is 630 g/mol. The second kappa shape index (κ2) is 12.7. The van der Waals surface area contributed by atoms with Crippen LogP contribution in [-0.2, 0) is 0 Å². The van der Waals surface area contributed by atoms with E-state index in [0.29, 0.717) is 28.4 Å². The first-order valence-corrected chi connectivity index (χ1v) is 14.3. The summed E-state index contributed by atoms with van der Waals surface area (Å²) >= 11 is 9.70. The van der Waals surface area contributed by atoms with Gasteiger partial charge in [0, 0.05) is 21.9 Å². The number of hydrogen-bond donors (Lipinski definition) is 0. The highest BCUT2D eigenvalue weighted by molar-refractivity contribution is 9.10. The summed E-state index contributed by atoms with van der Waals surface area (Å²) in [6.45, 7) is 2.56. The van der Waals surface area contributed by atoms with Gasteiger partial charge in [-0.25, -0.2) is 9.37 Å². The Bertz CT molecular complexity index is 1660. The Balaban J connectivity index is 1.56. The number of halogens is 3. The minimum atomic E-state index is -0.474. The second-order valence-electron chi connectivity index (χ2n) is 9.51. The summed E-state index contributed by atoms with van der Waals surface area (Å²) in [5.41, 5.74) is 4.46. The van der Waals surface area contributed by atoms with Crippen LogP contribution in [0.15, 0.2) is 102 Å². The molecule has 5 rings (SSSR count). The van der Waals surface area contributed by atoms with Crippen molar-refractivity contribution in [2.24, 2.45) is 0 Å². The fourth-order valence-electron chi connectivity index (χ4n) is 4.74. The van der Waals surface area contributed by atoms with Gasteiger partial charge in [-0.3, -0.25) is 4.79 Å². The first-order valence-electron chi connectivity index (χ1n) is 13.1. The molecule has 0 saturated carbocycles. The lowest BCUT2D eigenvalue weighted by Crippen LogP contribution is -2.32. The maximum atomic E-state index is 14.3. The molecule has 0 saturated heterocycles. The number of carbonyl (C=O) groups is 1. The molecular formula is C34H27BrClFN2O2. The summed E-state index contributed by atoms with van der Waals surface area (Å²) in [6.07, 6.45) is 3.85. The van der Waals surface area contributed by atoms with Gasteiger partial charge in [0.15, 0.2) is 0 Å². The van der Waals surface area contributed by atoms with Crippen molar-refractivity contribution < 1.29 is 13.9 Å². The molecule has 4 aromatic carbocycles. The molecule has 1 amide bonds. The summed E-state index contributed by atoms with van der Waals surface area (Å²) in [5, 5.41) is 1.32. The predicted molar refractivity (Wildman–Crippen MR) is 168 cm³/mol. The van der Waals surface area contributed by atoms with E-state index in [2.05, 4.69) is 15.9 Å².